The van der Waals surface area contributed by atoms with E-state index in [9.17, 15) is 18.0 Å². The number of halogens is 3. The molecule has 0 aliphatic heterocycles. The maximum absolute atomic E-state index is 14.0. The van der Waals surface area contributed by atoms with Crippen molar-refractivity contribution in [2.45, 2.75) is 64.7 Å². The van der Waals surface area contributed by atoms with Gasteiger partial charge in [-0.25, -0.2) is 0 Å². The minimum atomic E-state index is -4.57. The molecule has 0 spiro atoms. The van der Waals surface area contributed by atoms with E-state index >= 15 is 0 Å². The molecule has 0 saturated heterocycles. The summed E-state index contributed by atoms with van der Waals surface area (Å²) in [6, 6.07) is 8.22. The van der Waals surface area contributed by atoms with Crippen LogP contribution < -0.4 is 10.1 Å². The van der Waals surface area contributed by atoms with Gasteiger partial charge in [0.15, 0.2) is 0 Å². The van der Waals surface area contributed by atoms with Crippen molar-refractivity contribution in [3.63, 3.8) is 0 Å². The van der Waals surface area contributed by atoms with Gasteiger partial charge in [-0.2, -0.15) is 13.2 Å². The summed E-state index contributed by atoms with van der Waals surface area (Å²) in [4.78, 5) is 21.5. The van der Waals surface area contributed by atoms with Crippen LogP contribution in [-0.4, -0.2) is 34.7 Å². The highest BCUT2D eigenvalue weighted by Gasteiger charge is 2.42. The fourth-order valence-electron chi connectivity index (χ4n) is 3.99. The van der Waals surface area contributed by atoms with Gasteiger partial charge in [-0.15, -0.1) is 0 Å². The van der Waals surface area contributed by atoms with Crippen LogP contribution >= 0.6 is 0 Å². The number of benzene rings is 1. The summed E-state index contributed by atoms with van der Waals surface area (Å²) >= 11 is 0. The molecule has 1 N–H and O–H groups in total. The zero-order chi connectivity index (χ0) is 24.6. The second-order valence-corrected chi connectivity index (χ2v) is 9.17. The molecule has 2 aromatic heterocycles. The molecule has 34 heavy (non-hydrogen) atoms. The third-order valence-electron chi connectivity index (χ3n) is 6.17. The average Bonchev–Trinajstić information content (AvgIpc) is 3.58. The molecule has 1 unspecified atom stereocenters. The number of hydrogen-bond acceptors (Lipinski definition) is 4. The van der Waals surface area contributed by atoms with Crippen molar-refractivity contribution in [3.05, 3.63) is 64.6 Å². The summed E-state index contributed by atoms with van der Waals surface area (Å²) in [6.07, 6.45) is -0.982. The molecule has 1 atom stereocenters. The Labute approximate surface area is 196 Å². The molecule has 0 bridgehead atoms. The first-order valence-corrected chi connectivity index (χ1v) is 11.4. The Hall–Kier alpha value is -3.16. The normalized spacial score (nSPS) is 14.9. The van der Waals surface area contributed by atoms with Crippen LogP contribution in [0.1, 0.15) is 71.4 Å². The number of fused-ring (bicyclic) bond motifs is 1. The van der Waals surface area contributed by atoms with Crippen LogP contribution in [0.15, 0.2) is 36.5 Å². The van der Waals surface area contributed by atoms with Crippen molar-refractivity contribution in [1.82, 2.24) is 15.3 Å². The van der Waals surface area contributed by atoms with Crippen LogP contribution in [0.3, 0.4) is 0 Å². The molecular weight excluding hydrogens is 443 g/mol. The second-order valence-electron chi connectivity index (χ2n) is 9.17. The molecule has 2 heterocycles. The van der Waals surface area contributed by atoms with E-state index in [0.29, 0.717) is 22.3 Å². The molecule has 3 aromatic rings. The first-order valence-electron chi connectivity index (χ1n) is 11.4. The van der Waals surface area contributed by atoms with E-state index in [2.05, 4.69) is 15.3 Å². The number of pyridine rings is 2. The molecule has 0 radical (unpaired) electrons. The Morgan fingerprint density at radius 2 is 1.94 bits per heavy atom. The maximum Gasteiger partial charge on any atom is 0.398 e. The quantitative estimate of drug-likeness (QED) is 0.460. The number of rotatable bonds is 7. The molecule has 1 amide bonds. The number of carbonyl (C=O) groups excluding carboxylic acids is 1. The van der Waals surface area contributed by atoms with E-state index < -0.39 is 24.5 Å². The van der Waals surface area contributed by atoms with Crippen LogP contribution in [0, 0.1) is 13.8 Å². The van der Waals surface area contributed by atoms with E-state index in [-0.39, 0.29) is 23.3 Å². The lowest BCUT2D eigenvalue weighted by Crippen LogP contribution is -2.35. The summed E-state index contributed by atoms with van der Waals surface area (Å²) < 4.78 is 48.0. The maximum atomic E-state index is 14.0. The van der Waals surface area contributed by atoms with Crippen molar-refractivity contribution in [3.8, 4) is 5.75 Å². The number of ether oxygens (including phenoxy) is 1. The molecule has 1 aliphatic carbocycles. The Morgan fingerprint density at radius 3 is 2.59 bits per heavy atom. The average molecular weight is 472 g/mol. The fourth-order valence-corrected chi connectivity index (χ4v) is 3.99. The largest absolute Gasteiger partial charge is 0.488 e. The minimum Gasteiger partial charge on any atom is -0.488 e. The highest BCUT2D eigenvalue weighted by molar-refractivity contribution is 5.99. The zero-order valence-electron chi connectivity index (χ0n) is 19.7. The number of nitrogens with one attached hydrogen (secondary N) is 1. The molecule has 5 nitrogen and oxygen atoms in total. The van der Waals surface area contributed by atoms with E-state index in [1.165, 1.54) is 6.07 Å². The molecule has 1 aromatic carbocycles. The topological polar surface area (TPSA) is 64.1 Å². The Kier molecular flexibility index (Phi) is 6.51. The van der Waals surface area contributed by atoms with E-state index in [4.69, 9.17) is 4.74 Å². The standard InChI is InChI=1S/C26H28F3N3O2/c1-14(2)20-12-22(32-16(4)15(20)3)21(26(27,28)29)13-31-25(33)18-10-17-6-5-9-30-24(17)23(11-18)34-19-7-8-19/h5-6,9-12,14,19,21H,7-8,13H2,1-4H3,(H,31,33). The van der Waals surface area contributed by atoms with E-state index in [1.807, 2.05) is 20.8 Å². The van der Waals surface area contributed by atoms with Crippen molar-refractivity contribution in [2.24, 2.45) is 0 Å². The summed E-state index contributed by atoms with van der Waals surface area (Å²) in [7, 11) is 0. The lowest BCUT2D eigenvalue weighted by molar-refractivity contribution is -0.149. The summed E-state index contributed by atoms with van der Waals surface area (Å²) in [5, 5.41) is 3.16. The third kappa shape index (κ3) is 5.16. The second kappa shape index (κ2) is 9.24. The van der Waals surface area contributed by atoms with Gasteiger partial charge < -0.3 is 10.1 Å². The van der Waals surface area contributed by atoms with Crippen LogP contribution in [-0.2, 0) is 0 Å². The zero-order valence-corrected chi connectivity index (χ0v) is 19.7. The Morgan fingerprint density at radius 1 is 1.21 bits per heavy atom. The van der Waals surface area contributed by atoms with Gasteiger partial charge in [0.2, 0.25) is 0 Å². The number of aromatic nitrogens is 2. The van der Waals surface area contributed by atoms with Crippen molar-refractivity contribution in [2.75, 3.05) is 6.54 Å². The molecule has 1 fully saturated rings. The van der Waals surface area contributed by atoms with Crippen molar-refractivity contribution in [1.29, 1.82) is 0 Å². The van der Waals surface area contributed by atoms with Crippen LogP contribution in [0.5, 0.6) is 5.75 Å². The van der Waals surface area contributed by atoms with Gasteiger partial charge in [0.05, 0.1) is 11.8 Å². The van der Waals surface area contributed by atoms with Gasteiger partial charge in [0.25, 0.3) is 5.91 Å². The van der Waals surface area contributed by atoms with Crippen molar-refractivity contribution >= 4 is 16.8 Å². The van der Waals surface area contributed by atoms with E-state index in [1.54, 1.807) is 37.4 Å². The van der Waals surface area contributed by atoms with Gasteiger partial charge in [-0.3, -0.25) is 14.8 Å². The Bertz CT molecular complexity index is 1220. The molecule has 4 rings (SSSR count). The SMILES string of the molecule is Cc1nc(C(CNC(=O)c2cc(OC3CC3)c3ncccc3c2)C(F)(F)F)cc(C(C)C)c1C. The van der Waals surface area contributed by atoms with Crippen LogP contribution in [0.2, 0.25) is 0 Å². The predicted molar refractivity (Wildman–Crippen MR) is 124 cm³/mol. The highest BCUT2D eigenvalue weighted by atomic mass is 19.4. The number of carbonyl (C=O) groups is 1. The minimum absolute atomic E-state index is 0.0556. The Balaban J connectivity index is 1.61. The number of hydrogen-bond donors (Lipinski definition) is 1. The van der Waals surface area contributed by atoms with Crippen LogP contribution in [0.4, 0.5) is 13.2 Å². The van der Waals surface area contributed by atoms with Crippen molar-refractivity contribution < 1.29 is 22.7 Å². The number of alkyl halides is 3. The van der Waals surface area contributed by atoms with Gasteiger partial charge in [-0.05, 0) is 68.0 Å². The van der Waals surface area contributed by atoms with E-state index in [0.717, 1.165) is 24.0 Å². The molecule has 180 valence electrons. The summed E-state index contributed by atoms with van der Waals surface area (Å²) in [5.74, 6) is -2.00. The third-order valence-corrected chi connectivity index (χ3v) is 6.17. The monoisotopic (exact) mass is 471 g/mol. The first kappa shape index (κ1) is 24.0. The van der Waals surface area contributed by atoms with Crippen LogP contribution in [0.25, 0.3) is 10.9 Å². The van der Waals surface area contributed by atoms with Gasteiger partial charge >= 0.3 is 6.18 Å². The number of nitrogens with zero attached hydrogens (tertiary/aromatic N) is 2. The molecule has 8 heteroatoms. The molecule has 1 saturated carbocycles. The molecule has 1 aliphatic rings. The summed E-state index contributed by atoms with van der Waals surface area (Å²) in [6.45, 7) is 6.83. The van der Waals surface area contributed by atoms with Gasteiger partial charge in [-0.1, -0.05) is 19.9 Å². The predicted octanol–water partition coefficient (Wildman–Crippen LogP) is 5.99. The number of aryl methyl sites for hydroxylation is 1. The lowest BCUT2D eigenvalue weighted by atomic mass is 9.93. The number of amides is 1. The molecular formula is C26H28F3N3O2. The van der Waals surface area contributed by atoms with Gasteiger partial charge in [0, 0.05) is 29.4 Å². The fraction of sp³-hybridized carbons (Fsp3) is 0.423. The van der Waals surface area contributed by atoms with Gasteiger partial charge in [0.1, 0.15) is 17.2 Å². The lowest BCUT2D eigenvalue weighted by Gasteiger charge is -2.23. The smallest absolute Gasteiger partial charge is 0.398 e. The first-order chi connectivity index (χ1) is 16.0. The highest BCUT2D eigenvalue weighted by Crippen LogP contribution is 2.36. The summed E-state index contributed by atoms with van der Waals surface area (Å²) in [5.41, 5.74) is 3.04.